The smallest absolute Gasteiger partial charge is 0.326 e. The van der Waals surface area contributed by atoms with Crippen molar-refractivity contribution >= 4 is 42.3 Å². The van der Waals surface area contributed by atoms with Crippen molar-refractivity contribution in [1.29, 1.82) is 0 Å². The first kappa shape index (κ1) is 32.4. The van der Waals surface area contributed by atoms with Crippen molar-refractivity contribution < 1.29 is 24.3 Å². The summed E-state index contributed by atoms with van der Waals surface area (Å²) in [6.07, 6.45) is 2.50. The zero-order valence-electron chi connectivity index (χ0n) is 20.5. The number of nitrogens with zero attached hydrogens (tertiary/aromatic N) is 1. The summed E-state index contributed by atoms with van der Waals surface area (Å²) >= 11 is 4.13. The van der Waals surface area contributed by atoms with Gasteiger partial charge in [-0.3, -0.25) is 19.4 Å². The lowest BCUT2D eigenvalue weighted by molar-refractivity contribution is -0.142. The van der Waals surface area contributed by atoms with Crippen LogP contribution in [0.15, 0.2) is 4.99 Å². The molecular weight excluding hydrogens is 476 g/mol. The summed E-state index contributed by atoms with van der Waals surface area (Å²) < 4.78 is 0. The molecule has 13 nitrogen and oxygen atoms in total. The van der Waals surface area contributed by atoms with Gasteiger partial charge in [0.25, 0.3) is 0 Å². The van der Waals surface area contributed by atoms with Crippen LogP contribution >= 0.6 is 12.6 Å². The number of aliphatic carboxylic acids is 1. The normalized spacial score (nSPS) is 14.3. The third kappa shape index (κ3) is 14.4. The summed E-state index contributed by atoms with van der Waals surface area (Å²) in [4.78, 5) is 53.4. The molecule has 12 N–H and O–H groups in total. The van der Waals surface area contributed by atoms with Crippen molar-refractivity contribution in [2.24, 2.45) is 33.8 Å². The summed E-state index contributed by atoms with van der Waals surface area (Å²) in [5, 5.41) is 17.1. The lowest BCUT2D eigenvalue weighted by Crippen LogP contribution is -2.57. The molecule has 0 fully saturated rings. The minimum atomic E-state index is -1.22. The molecule has 0 aliphatic heterocycles. The lowest BCUT2D eigenvalue weighted by atomic mass is 10.0. The van der Waals surface area contributed by atoms with Crippen molar-refractivity contribution in [2.45, 2.75) is 76.5 Å². The van der Waals surface area contributed by atoms with Gasteiger partial charge in [-0.25, -0.2) is 4.79 Å². The number of unbranched alkanes of at least 4 members (excludes halogenated alkanes) is 1. The van der Waals surface area contributed by atoms with Gasteiger partial charge in [0, 0.05) is 12.3 Å². The van der Waals surface area contributed by atoms with E-state index in [4.69, 9.17) is 22.9 Å². The number of aliphatic imine (C=N–C) groups is 1. The van der Waals surface area contributed by atoms with E-state index in [1.807, 2.05) is 13.8 Å². The highest BCUT2D eigenvalue weighted by atomic mass is 32.1. The molecule has 0 aliphatic carbocycles. The minimum absolute atomic E-state index is 0.0104. The number of amides is 3. The van der Waals surface area contributed by atoms with Gasteiger partial charge in [-0.05, 0) is 44.6 Å². The van der Waals surface area contributed by atoms with Crippen LogP contribution in [0.25, 0.3) is 0 Å². The fourth-order valence-corrected chi connectivity index (χ4v) is 3.38. The Bertz CT molecular complexity index is 718. The second-order valence-corrected chi connectivity index (χ2v) is 9.04. The standard InChI is InChI=1S/C21H42N8O5S/c1-12(2)10-15(18(31)27-14(20(33)34)7-5-9-26-21(24)25)28-19(32)16(11-35)29-17(30)13(23)6-3-4-8-22/h12-16,35H,3-11,22-23H2,1-2H3,(H,27,31)(H,28,32)(H,29,30)(H,33,34)(H4,24,25,26). The molecule has 3 amide bonds. The number of rotatable bonds is 18. The molecule has 14 heteroatoms. The van der Waals surface area contributed by atoms with Crippen molar-refractivity contribution in [3.05, 3.63) is 0 Å². The van der Waals surface area contributed by atoms with Crippen LogP contribution < -0.4 is 38.9 Å². The number of hydrogen-bond acceptors (Lipinski definition) is 8. The molecule has 0 rings (SSSR count). The van der Waals surface area contributed by atoms with Crippen LogP contribution in [0.5, 0.6) is 0 Å². The second kappa shape index (κ2) is 17.8. The van der Waals surface area contributed by atoms with Crippen LogP contribution in [0.1, 0.15) is 52.4 Å². The number of carbonyl (C=O) groups excluding carboxylic acids is 3. The molecule has 35 heavy (non-hydrogen) atoms. The molecule has 202 valence electrons. The molecule has 4 unspecified atom stereocenters. The second-order valence-electron chi connectivity index (χ2n) is 8.67. The zero-order valence-corrected chi connectivity index (χ0v) is 21.4. The van der Waals surface area contributed by atoms with Crippen LogP contribution in [0.2, 0.25) is 0 Å². The molecule has 0 aromatic carbocycles. The maximum absolute atomic E-state index is 12.9. The largest absolute Gasteiger partial charge is 0.480 e. The monoisotopic (exact) mass is 518 g/mol. The Labute approximate surface area is 212 Å². The first-order valence-electron chi connectivity index (χ1n) is 11.7. The summed E-state index contributed by atoms with van der Waals surface area (Å²) in [6, 6.07) is -4.03. The van der Waals surface area contributed by atoms with Gasteiger partial charge >= 0.3 is 5.97 Å². The molecule has 0 radical (unpaired) electrons. The zero-order chi connectivity index (χ0) is 27.0. The van der Waals surface area contributed by atoms with Gasteiger partial charge in [-0.2, -0.15) is 12.6 Å². The van der Waals surface area contributed by atoms with Gasteiger partial charge in [-0.1, -0.05) is 20.3 Å². The Morgan fingerprint density at radius 3 is 1.97 bits per heavy atom. The van der Waals surface area contributed by atoms with E-state index in [9.17, 15) is 24.3 Å². The Kier molecular flexibility index (Phi) is 16.5. The average molecular weight is 519 g/mol. The van der Waals surface area contributed by atoms with E-state index in [0.717, 1.165) is 6.42 Å². The predicted molar refractivity (Wildman–Crippen MR) is 138 cm³/mol. The number of carboxylic acids is 1. The molecule has 0 aromatic heterocycles. The number of thiol groups is 1. The summed E-state index contributed by atoms with van der Waals surface area (Å²) in [7, 11) is 0. The van der Waals surface area contributed by atoms with E-state index < -0.39 is 47.9 Å². The maximum atomic E-state index is 12.9. The van der Waals surface area contributed by atoms with Crippen LogP contribution in [-0.4, -0.2) is 77.8 Å². The molecule has 0 saturated carbocycles. The lowest BCUT2D eigenvalue weighted by Gasteiger charge is -2.25. The third-order valence-electron chi connectivity index (χ3n) is 5.02. The quantitative estimate of drug-likeness (QED) is 0.0421. The van der Waals surface area contributed by atoms with Crippen molar-refractivity contribution in [3.63, 3.8) is 0 Å². The van der Waals surface area contributed by atoms with E-state index in [0.29, 0.717) is 25.8 Å². The summed E-state index contributed by atoms with van der Waals surface area (Å²) in [6.45, 7) is 4.42. The number of guanidine groups is 1. The predicted octanol–water partition coefficient (Wildman–Crippen LogP) is -1.99. The Morgan fingerprint density at radius 2 is 1.46 bits per heavy atom. The fraction of sp³-hybridized carbons (Fsp3) is 0.762. The number of nitrogens with two attached hydrogens (primary N) is 4. The summed E-state index contributed by atoms with van der Waals surface area (Å²) in [5.74, 6) is -3.12. The van der Waals surface area contributed by atoms with Crippen LogP contribution in [-0.2, 0) is 19.2 Å². The molecule has 0 heterocycles. The van der Waals surface area contributed by atoms with Gasteiger partial charge in [0.05, 0.1) is 6.04 Å². The molecular formula is C21H42N8O5S. The van der Waals surface area contributed by atoms with E-state index in [1.165, 1.54) is 0 Å². The van der Waals surface area contributed by atoms with Crippen molar-refractivity contribution in [1.82, 2.24) is 16.0 Å². The molecule has 0 bridgehead atoms. The van der Waals surface area contributed by atoms with E-state index in [-0.39, 0.29) is 37.0 Å². The SMILES string of the molecule is CC(C)CC(NC(=O)C(CS)NC(=O)C(N)CCCCN)C(=O)NC(CCCN=C(N)N)C(=O)O. The molecule has 0 aromatic rings. The molecule has 0 aliphatic rings. The highest BCUT2D eigenvalue weighted by Crippen LogP contribution is 2.08. The van der Waals surface area contributed by atoms with Gasteiger partial charge in [0.2, 0.25) is 17.7 Å². The first-order valence-corrected chi connectivity index (χ1v) is 12.3. The van der Waals surface area contributed by atoms with Gasteiger partial charge in [0.15, 0.2) is 5.96 Å². The van der Waals surface area contributed by atoms with Crippen LogP contribution in [0, 0.1) is 5.92 Å². The highest BCUT2D eigenvalue weighted by Gasteiger charge is 2.30. The van der Waals surface area contributed by atoms with Crippen LogP contribution in [0.4, 0.5) is 0 Å². The van der Waals surface area contributed by atoms with Crippen LogP contribution in [0.3, 0.4) is 0 Å². The number of carboxylic acid groups (broad SMARTS) is 1. The topological polar surface area (TPSA) is 241 Å². The van der Waals surface area contributed by atoms with Crippen molar-refractivity contribution in [3.8, 4) is 0 Å². The molecule has 4 atom stereocenters. The van der Waals surface area contributed by atoms with Gasteiger partial charge < -0.3 is 44.0 Å². The van der Waals surface area contributed by atoms with E-state index in [1.54, 1.807) is 0 Å². The molecule has 0 spiro atoms. The average Bonchev–Trinajstić information content (AvgIpc) is 2.77. The highest BCUT2D eigenvalue weighted by molar-refractivity contribution is 7.80. The van der Waals surface area contributed by atoms with Crippen molar-refractivity contribution in [2.75, 3.05) is 18.8 Å². The Hall–Kier alpha value is -2.58. The maximum Gasteiger partial charge on any atom is 0.326 e. The number of carbonyl (C=O) groups is 4. The molecule has 0 saturated heterocycles. The van der Waals surface area contributed by atoms with Gasteiger partial charge in [-0.15, -0.1) is 0 Å². The van der Waals surface area contributed by atoms with E-state index >= 15 is 0 Å². The van der Waals surface area contributed by atoms with Gasteiger partial charge in [0.1, 0.15) is 18.1 Å². The fourth-order valence-electron chi connectivity index (χ4n) is 3.12. The first-order chi connectivity index (χ1) is 16.4. The summed E-state index contributed by atoms with van der Waals surface area (Å²) in [5.41, 5.74) is 21.8. The van der Waals surface area contributed by atoms with E-state index in [2.05, 4.69) is 33.6 Å². The Balaban J connectivity index is 5.17. The third-order valence-corrected chi connectivity index (χ3v) is 5.39. The number of hydrogen-bond donors (Lipinski definition) is 9. The Morgan fingerprint density at radius 1 is 0.886 bits per heavy atom. The minimum Gasteiger partial charge on any atom is -0.480 e. The number of nitrogens with one attached hydrogen (secondary N) is 3.